The average molecular weight is 431 g/mol. The molecule has 0 aliphatic rings. The van der Waals surface area contributed by atoms with Crippen LogP contribution in [-0.4, -0.2) is 23.6 Å². The molecule has 0 bridgehead atoms. The number of hydrogen-bond acceptors (Lipinski definition) is 4. The van der Waals surface area contributed by atoms with Gasteiger partial charge in [0.05, 0.1) is 28.8 Å². The van der Waals surface area contributed by atoms with E-state index in [0.29, 0.717) is 16.9 Å². The number of aryl methyl sites for hydroxylation is 1. The molecule has 0 saturated heterocycles. The maximum atomic E-state index is 13.4. The van der Waals surface area contributed by atoms with Crippen LogP contribution >= 0.6 is 11.3 Å². The van der Waals surface area contributed by atoms with E-state index in [9.17, 15) is 9.59 Å². The molecule has 0 fully saturated rings. The Morgan fingerprint density at radius 2 is 1.58 bits per heavy atom. The van der Waals surface area contributed by atoms with E-state index in [1.54, 1.807) is 12.1 Å². The van der Waals surface area contributed by atoms with Crippen LogP contribution in [0.5, 0.6) is 0 Å². The largest absolute Gasteiger partial charge is 0.465 e. The lowest BCUT2D eigenvalue weighted by atomic mass is 9.91. The summed E-state index contributed by atoms with van der Waals surface area (Å²) in [7, 11) is 1.36. The summed E-state index contributed by atoms with van der Waals surface area (Å²) >= 11 is 1.39. The molecule has 5 nitrogen and oxygen atoms in total. The second-order valence-corrected chi connectivity index (χ2v) is 8.02. The lowest BCUT2D eigenvalue weighted by molar-refractivity contribution is -0.118. The molecule has 1 aromatic heterocycles. The van der Waals surface area contributed by atoms with Gasteiger partial charge in [0, 0.05) is 6.54 Å². The molecule has 0 N–H and O–H groups in total. The number of benzene rings is 3. The van der Waals surface area contributed by atoms with Gasteiger partial charge in [0.1, 0.15) is 0 Å². The van der Waals surface area contributed by atoms with Crippen LogP contribution in [0.2, 0.25) is 0 Å². The van der Waals surface area contributed by atoms with Gasteiger partial charge in [-0.1, -0.05) is 72.0 Å². The molecule has 31 heavy (non-hydrogen) atoms. The number of hydrogen-bond donors (Lipinski definition) is 0. The summed E-state index contributed by atoms with van der Waals surface area (Å²) in [6, 6.07) is 24.8. The SMILES string of the molecule is CCn1c(=NC(=O)C(c2ccccc2)c2ccccc2)sc2cc(C(=O)OC)ccc21. The van der Waals surface area contributed by atoms with Crippen LogP contribution in [0.15, 0.2) is 83.9 Å². The number of thiazole rings is 1. The summed E-state index contributed by atoms with van der Waals surface area (Å²) in [6.45, 7) is 2.67. The number of carbonyl (C=O) groups excluding carboxylic acids is 2. The van der Waals surface area contributed by atoms with Crippen LogP contribution in [0.1, 0.15) is 34.3 Å². The Balaban J connectivity index is 1.83. The Kier molecular flexibility index (Phi) is 6.09. The molecule has 1 amide bonds. The fourth-order valence-corrected chi connectivity index (χ4v) is 4.78. The number of amides is 1. The van der Waals surface area contributed by atoms with Crippen molar-refractivity contribution in [1.29, 1.82) is 0 Å². The zero-order valence-electron chi connectivity index (χ0n) is 17.3. The van der Waals surface area contributed by atoms with Gasteiger partial charge < -0.3 is 9.30 Å². The Bertz CT molecular complexity index is 1250. The first-order valence-corrected chi connectivity index (χ1v) is 10.8. The van der Waals surface area contributed by atoms with E-state index in [1.165, 1.54) is 18.4 Å². The zero-order valence-corrected chi connectivity index (χ0v) is 18.1. The van der Waals surface area contributed by atoms with E-state index in [2.05, 4.69) is 4.99 Å². The van der Waals surface area contributed by atoms with Gasteiger partial charge in [-0.15, -0.1) is 0 Å². The van der Waals surface area contributed by atoms with Gasteiger partial charge in [-0.2, -0.15) is 4.99 Å². The van der Waals surface area contributed by atoms with E-state index in [-0.39, 0.29) is 11.9 Å². The Morgan fingerprint density at radius 1 is 0.968 bits per heavy atom. The summed E-state index contributed by atoms with van der Waals surface area (Å²) in [6.07, 6.45) is 0. The van der Waals surface area contributed by atoms with Crippen molar-refractivity contribution >= 4 is 33.4 Å². The molecular formula is C25H22N2O3S. The first kappa shape index (κ1) is 20.8. The number of esters is 1. The van der Waals surface area contributed by atoms with Crippen molar-refractivity contribution in [2.45, 2.75) is 19.4 Å². The summed E-state index contributed by atoms with van der Waals surface area (Å²) in [5.41, 5.74) is 3.21. The van der Waals surface area contributed by atoms with Crippen molar-refractivity contribution in [3.63, 3.8) is 0 Å². The second-order valence-electron chi connectivity index (χ2n) is 7.01. The summed E-state index contributed by atoms with van der Waals surface area (Å²) in [5.74, 6) is -1.09. The quantitative estimate of drug-likeness (QED) is 0.429. The van der Waals surface area contributed by atoms with Gasteiger partial charge in [0.2, 0.25) is 0 Å². The zero-order chi connectivity index (χ0) is 21.8. The number of carbonyl (C=O) groups is 2. The Hall–Kier alpha value is -3.51. The number of rotatable bonds is 5. The van der Waals surface area contributed by atoms with Gasteiger partial charge in [0.15, 0.2) is 4.80 Å². The minimum absolute atomic E-state index is 0.223. The molecule has 4 rings (SSSR count). The third-order valence-electron chi connectivity index (χ3n) is 5.14. The Morgan fingerprint density at radius 3 is 2.13 bits per heavy atom. The van der Waals surface area contributed by atoms with Crippen molar-refractivity contribution in [3.8, 4) is 0 Å². The number of nitrogens with zero attached hydrogens (tertiary/aromatic N) is 2. The van der Waals surface area contributed by atoms with Gasteiger partial charge in [-0.25, -0.2) is 4.79 Å². The van der Waals surface area contributed by atoms with E-state index >= 15 is 0 Å². The van der Waals surface area contributed by atoms with Crippen LogP contribution in [0.25, 0.3) is 10.2 Å². The van der Waals surface area contributed by atoms with Crippen molar-refractivity contribution in [3.05, 3.63) is 100 Å². The third kappa shape index (κ3) is 4.20. The predicted molar refractivity (Wildman–Crippen MR) is 122 cm³/mol. The molecule has 1 heterocycles. The third-order valence-corrected chi connectivity index (χ3v) is 6.18. The highest BCUT2D eigenvalue weighted by molar-refractivity contribution is 7.16. The Labute approximate surface area is 184 Å². The molecule has 0 aliphatic carbocycles. The van der Waals surface area contributed by atoms with Crippen LogP contribution in [-0.2, 0) is 16.1 Å². The molecule has 3 aromatic carbocycles. The van der Waals surface area contributed by atoms with Crippen LogP contribution in [0.4, 0.5) is 0 Å². The van der Waals surface area contributed by atoms with Crippen molar-refractivity contribution in [2.24, 2.45) is 4.99 Å². The lowest BCUT2D eigenvalue weighted by Crippen LogP contribution is -2.19. The van der Waals surface area contributed by atoms with Crippen LogP contribution in [0, 0.1) is 0 Å². The van der Waals surface area contributed by atoms with E-state index in [0.717, 1.165) is 21.3 Å². The fourth-order valence-electron chi connectivity index (χ4n) is 3.64. The summed E-state index contributed by atoms with van der Waals surface area (Å²) in [5, 5.41) is 0. The molecule has 0 spiro atoms. The summed E-state index contributed by atoms with van der Waals surface area (Å²) in [4.78, 5) is 30.5. The van der Waals surface area contributed by atoms with Crippen LogP contribution < -0.4 is 4.80 Å². The lowest BCUT2D eigenvalue weighted by Gasteiger charge is -2.14. The first-order valence-electron chi connectivity index (χ1n) is 10.0. The van der Waals surface area contributed by atoms with Gasteiger partial charge in [-0.05, 0) is 36.2 Å². The van der Waals surface area contributed by atoms with Crippen molar-refractivity contribution in [2.75, 3.05) is 7.11 Å². The normalized spacial score (nSPS) is 11.8. The molecule has 0 radical (unpaired) electrons. The highest BCUT2D eigenvalue weighted by atomic mass is 32.1. The van der Waals surface area contributed by atoms with Gasteiger partial charge in [-0.3, -0.25) is 4.79 Å². The van der Waals surface area contributed by atoms with E-state index < -0.39 is 5.92 Å². The molecule has 0 saturated carbocycles. The minimum atomic E-state index is -0.483. The molecule has 6 heteroatoms. The second kappa shape index (κ2) is 9.10. The number of ether oxygens (including phenoxy) is 1. The number of fused-ring (bicyclic) bond motifs is 1. The molecule has 0 aliphatic heterocycles. The average Bonchev–Trinajstić information content (AvgIpc) is 3.16. The highest BCUT2D eigenvalue weighted by Gasteiger charge is 2.22. The fraction of sp³-hybridized carbons (Fsp3) is 0.160. The summed E-state index contributed by atoms with van der Waals surface area (Å²) < 4.78 is 7.70. The molecule has 0 atom stereocenters. The highest BCUT2D eigenvalue weighted by Crippen LogP contribution is 2.26. The van der Waals surface area contributed by atoms with E-state index in [1.807, 2.05) is 78.2 Å². The van der Waals surface area contributed by atoms with E-state index in [4.69, 9.17) is 4.74 Å². The van der Waals surface area contributed by atoms with Crippen LogP contribution in [0.3, 0.4) is 0 Å². The molecular weight excluding hydrogens is 408 g/mol. The molecule has 156 valence electrons. The minimum Gasteiger partial charge on any atom is -0.465 e. The predicted octanol–water partition coefficient (Wildman–Crippen LogP) is 4.77. The molecule has 0 unspecified atom stereocenters. The monoisotopic (exact) mass is 430 g/mol. The van der Waals surface area contributed by atoms with Crippen molar-refractivity contribution in [1.82, 2.24) is 4.57 Å². The number of methoxy groups -OCH3 is 1. The maximum Gasteiger partial charge on any atom is 0.337 e. The topological polar surface area (TPSA) is 60.7 Å². The maximum absolute atomic E-state index is 13.4. The standard InChI is InChI=1S/C25H22N2O3S/c1-3-27-20-15-14-19(24(29)30-2)16-21(20)31-25(27)26-23(28)22(17-10-6-4-7-11-17)18-12-8-5-9-13-18/h4-16,22H,3H2,1-2H3. The number of aromatic nitrogens is 1. The molecule has 4 aromatic rings. The first-order chi connectivity index (χ1) is 15.1. The van der Waals surface area contributed by atoms with Gasteiger partial charge >= 0.3 is 5.97 Å². The van der Waals surface area contributed by atoms with Crippen molar-refractivity contribution < 1.29 is 14.3 Å². The van der Waals surface area contributed by atoms with Gasteiger partial charge in [0.25, 0.3) is 5.91 Å². The smallest absolute Gasteiger partial charge is 0.337 e.